The van der Waals surface area contributed by atoms with Crippen LogP contribution in [0.15, 0.2) is 11.6 Å². The quantitative estimate of drug-likeness (QED) is 0.927. The van der Waals surface area contributed by atoms with Gasteiger partial charge in [-0.15, -0.1) is 11.3 Å². The molecule has 124 valence electrons. The fourth-order valence-corrected chi connectivity index (χ4v) is 3.19. The summed E-state index contributed by atoms with van der Waals surface area (Å²) in [5, 5.41) is 6.70. The lowest BCUT2D eigenvalue weighted by Gasteiger charge is -2.26. The first kappa shape index (κ1) is 17.2. The van der Waals surface area contributed by atoms with Crippen molar-refractivity contribution in [1.29, 1.82) is 0 Å². The Bertz CT molecular complexity index is 470. The Balaban J connectivity index is 1.85. The number of nitrogens with zero attached hydrogens (tertiary/aromatic N) is 2. The van der Waals surface area contributed by atoms with Crippen LogP contribution in [0.2, 0.25) is 0 Å². The van der Waals surface area contributed by atoms with E-state index in [9.17, 15) is 4.79 Å². The van der Waals surface area contributed by atoms with Gasteiger partial charge in [0, 0.05) is 37.3 Å². The van der Waals surface area contributed by atoms with E-state index in [0.717, 1.165) is 37.5 Å². The monoisotopic (exact) mass is 325 g/mol. The third kappa shape index (κ3) is 5.25. The minimum atomic E-state index is -0.433. The largest absolute Gasteiger partial charge is 0.444 e. The summed E-state index contributed by atoms with van der Waals surface area (Å²) in [5.74, 6) is 0.535. The molecular formula is C16H27N3O2S. The predicted octanol–water partition coefficient (Wildman–Crippen LogP) is 3.27. The SMILES string of the molecule is CC1CCN(C(=O)OC(C)(C)C)CCC1NCc1nccs1. The highest BCUT2D eigenvalue weighted by Gasteiger charge is 2.28. The minimum Gasteiger partial charge on any atom is -0.444 e. The van der Waals surface area contributed by atoms with Crippen LogP contribution >= 0.6 is 11.3 Å². The van der Waals surface area contributed by atoms with E-state index in [-0.39, 0.29) is 6.09 Å². The second kappa shape index (κ2) is 7.42. The lowest BCUT2D eigenvalue weighted by Crippen LogP contribution is -2.38. The number of amides is 1. The van der Waals surface area contributed by atoms with Gasteiger partial charge < -0.3 is 15.0 Å². The number of thiazole rings is 1. The summed E-state index contributed by atoms with van der Waals surface area (Å²) >= 11 is 1.67. The van der Waals surface area contributed by atoms with E-state index in [0.29, 0.717) is 12.0 Å². The van der Waals surface area contributed by atoms with E-state index in [1.165, 1.54) is 0 Å². The number of carbonyl (C=O) groups is 1. The molecule has 1 amide bonds. The molecule has 1 saturated heterocycles. The fraction of sp³-hybridized carbons (Fsp3) is 0.750. The molecule has 1 N–H and O–H groups in total. The molecule has 1 aliphatic heterocycles. The van der Waals surface area contributed by atoms with E-state index in [4.69, 9.17) is 4.74 Å². The van der Waals surface area contributed by atoms with Gasteiger partial charge >= 0.3 is 6.09 Å². The van der Waals surface area contributed by atoms with E-state index < -0.39 is 5.60 Å². The average molecular weight is 325 g/mol. The van der Waals surface area contributed by atoms with Crippen LogP contribution < -0.4 is 5.32 Å². The first-order chi connectivity index (χ1) is 10.3. The molecule has 1 aliphatic rings. The third-order valence-corrected chi connectivity index (χ3v) is 4.68. The molecule has 2 heterocycles. The Hall–Kier alpha value is -1.14. The molecule has 0 radical (unpaired) electrons. The van der Waals surface area contributed by atoms with E-state index in [1.807, 2.05) is 37.2 Å². The van der Waals surface area contributed by atoms with Crippen molar-refractivity contribution in [1.82, 2.24) is 15.2 Å². The summed E-state index contributed by atoms with van der Waals surface area (Å²) in [4.78, 5) is 18.3. The summed E-state index contributed by atoms with van der Waals surface area (Å²) < 4.78 is 5.48. The highest BCUT2D eigenvalue weighted by Crippen LogP contribution is 2.20. The maximum Gasteiger partial charge on any atom is 0.410 e. The zero-order valence-corrected chi connectivity index (χ0v) is 14.8. The number of rotatable bonds is 3. The van der Waals surface area contributed by atoms with Gasteiger partial charge in [0.2, 0.25) is 0 Å². The van der Waals surface area contributed by atoms with Gasteiger partial charge in [0.05, 0.1) is 0 Å². The van der Waals surface area contributed by atoms with Gasteiger partial charge in [0.25, 0.3) is 0 Å². The molecule has 2 atom stereocenters. The summed E-state index contributed by atoms with van der Waals surface area (Å²) in [5.41, 5.74) is -0.433. The third-order valence-electron chi connectivity index (χ3n) is 3.90. The Morgan fingerprint density at radius 1 is 1.45 bits per heavy atom. The number of hydrogen-bond donors (Lipinski definition) is 1. The number of ether oxygens (including phenoxy) is 1. The number of nitrogens with one attached hydrogen (secondary N) is 1. The molecule has 6 heteroatoms. The van der Waals surface area contributed by atoms with Crippen molar-refractivity contribution < 1.29 is 9.53 Å². The van der Waals surface area contributed by atoms with Gasteiger partial charge in [-0.2, -0.15) is 0 Å². The number of hydrogen-bond acceptors (Lipinski definition) is 5. The molecule has 2 rings (SSSR count). The van der Waals surface area contributed by atoms with E-state index in [1.54, 1.807) is 11.3 Å². The Labute approximate surface area is 137 Å². The van der Waals surface area contributed by atoms with Crippen LogP contribution in [-0.2, 0) is 11.3 Å². The van der Waals surface area contributed by atoms with Crippen molar-refractivity contribution in [2.24, 2.45) is 5.92 Å². The van der Waals surface area contributed by atoms with Crippen molar-refractivity contribution in [3.63, 3.8) is 0 Å². The van der Waals surface area contributed by atoms with Gasteiger partial charge in [-0.25, -0.2) is 9.78 Å². The molecule has 0 bridgehead atoms. The van der Waals surface area contributed by atoms with Crippen molar-refractivity contribution >= 4 is 17.4 Å². The van der Waals surface area contributed by atoms with Crippen LogP contribution in [0, 0.1) is 5.92 Å². The van der Waals surface area contributed by atoms with Gasteiger partial charge in [-0.3, -0.25) is 0 Å². The second-order valence-corrected chi connectivity index (χ2v) is 7.91. The normalized spacial score (nSPS) is 23.2. The molecule has 0 aliphatic carbocycles. The lowest BCUT2D eigenvalue weighted by atomic mass is 9.97. The highest BCUT2D eigenvalue weighted by atomic mass is 32.1. The number of aromatic nitrogens is 1. The van der Waals surface area contributed by atoms with Gasteiger partial charge in [0.1, 0.15) is 10.6 Å². The van der Waals surface area contributed by atoms with Crippen molar-refractivity contribution in [3.05, 3.63) is 16.6 Å². The summed E-state index contributed by atoms with van der Waals surface area (Å²) in [6.07, 6.45) is 3.59. The molecule has 1 fully saturated rings. The van der Waals surface area contributed by atoms with Crippen LogP contribution in [0.4, 0.5) is 4.79 Å². The zero-order valence-electron chi connectivity index (χ0n) is 14.0. The Morgan fingerprint density at radius 3 is 2.82 bits per heavy atom. The van der Waals surface area contributed by atoms with Crippen molar-refractivity contribution in [3.8, 4) is 0 Å². The van der Waals surface area contributed by atoms with Gasteiger partial charge in [-0.1, -0.05) is 6.92 Å². The van der Waals surface area contributed by atoms with Gasteiger partial charge in [-0.05, 0) is 39.5 Å². The van der Waals surface area contributed by atoms with Crippen molar-refractivity contribution in [2.45, 2.75) is 58.7 Å². The predicted molar refractivity (Wildman–Crippen MR) is 88.9 cm³/mol. The molecule has 0 saturated carbocycles. The van der Waals surface area contributed by atoms with Crippen LogP contribution in [0.3, 0.4) is 0 Å². The van der Waals surface area contributed by atoms with Crippen LogP contribution in [0.1, 0.15) is 45.5 Å². The maximum absolute atomic E-state index is 12.2. The highest BCUT2D eigenvalue weighted by molar-refractivity contribution is 7.09. The first-order valence-electron chi connectivity index (χ1n) is 7.95. The lowest BCUT2D eigenvalue weighted by molar-refractivity contribution is 0.0255. The van der Waals surface area contributed by atoms with Crippen LogP contribution in [-0.4, -0.2) is 40.7 Å². The molecule has 0 spiro atoms. The van der Waals surface area contributed by atoms with E-state index in [2.05, 4.69) is 17.2 Å². The van der Waals surface area contributed by atoms with E-state index >= 15 is 0 Å². The maximum atomic E-state index is 12.2. The van der Waals surface area contributed by atoms with Crippen LogP contribution in [0.25, 0.3) is 0 Å². The minimum absolute atomic E-state index is 0.194. The Kier molecular flexibility index (Phi) is 5.81. The number of likely N-dealkylation sites (tertiary alicyclic amines) is 1. The molecule has 22 heavy (non-hydrogen) atoms. The fourth-order valence-electron chi connectivity index (χ4n) is 2.62. The standard InChI is InChI=1S/C16H27N3O2S/c1-12-5-8-19(15(20)21-16(2,3)4)9-6-13(12)18-11-14-17-7-10-22-14/h7,10,12-13,18H,5-6,8-9,11H2,1-4H3. The summed E-state index contributed by atoms with van der Waals surface area (Å²) in [6, 6.07) is 0.413. The zero-order chi connectivity index (χ0) is 16.2. The van der Waals surface area contributed by atoms with Crippen molar-refractivity contribution in [2.75, 3.05) is 13.1 Å². The molecule has 1 aromatic heterocycles. The topological polar surface area (TPSA) is 54.5 Å². The smallest absolute Gasteiger partial charge is 0.410 e. The molecular weight excluding hydrogens is 298 g/mol. The molecule has 0 aromatic carbocycles. The average Bonchev–Trinajstić information content (AvgIpc) is 2.85. The molecule has 5 nitrogen and oxygen atoms in total. The number of carbonyl (C=O) groups excluding carboxylic acids is 1. The van der Waals surface area contributed by atoms with Crippen LogP contribution in [0.5, 0.6) is 0 Å². The summed E-state index contributed by atoms with van der Waals surface area (Å²) in [7, 11) is 0. The molecule has 2 unspecified atom stereocenters. The Morgan fingerprint density at radius 2 is 2.18 bits per heavy atom. The summed E-state index contributed by atoms with van der Waals surface area (Å²) in [6.45, 7) is 10.3. The first-order valence-corrected chi connectivity index (χ1v) is 8.83. The second-order valence-electron chi connectivity index (χ2n) is 6.94. The molecule has 1 aromatic rings. The van der Waals surface area contributed by atoms with Gasteiger partial charge in [0.15, 0.2) is 0 Å².